The highest BCUT2D eigenvalue weighted by Gasteiger charge is 2.38. The monoisotopic (exact) mass is 630 g/mol. The zero-order chi connectivity index (χ0) is 32.8. The van der Waals surface area contributed by atoms with E-state index in [4.69, 9.17) is 15.7 Å². The second-order valence-corrected chi connectivity index (χ2v) is 13.5. The number of rotatable bonds is 10. The van der Waals surface area contributed by atoms with E-state index < -0.39 is 22.1 Å². The highest BCUT2D eigenvalue weighted by Crippen LogP contribution is 2.36. The minimum absolute atomic E-state index is 0.0432. The molecule has 3 amide bonds. The first kappa shape index (κ1) is 34.6. The fraction of sp³-hybridized carbons (Fsp3) is 0.516. The van der Waals surface area contributed by atoms with E-state index in [1.807, 2.05) is 39.8 Å². The fourth-order valence-electron chi connectivity index (χ4n) is 5.02. The summed E-state index contributed by atoms with van der Waals surface area (Å²) in [6.45, 7) is 14.5. The number of hydrogen-bond acceptors (Lipinski definition) is 8. The van der Waals surface area contributed by atoms with Gasteiger partial charge >= 0.3 is 12.1 Å². The van der Waals surface area contributed by atoms with Gasteiger partial charge in [0.1, 0.15) is 0 Å². The van der Waals surface area contributed by atoms with Crippen molar-refractivity contribution in [3.05, 3.63) is 64.2 Å². The van der Waals surface area contributed by atoms with Gasteiger partial charge in [-0.1, -0.05) is 77.0 Å². The summed E-state index contributed by atoms with van der Waals surface area (Å²) in [4.78, 5) is 29.4. The molecule has 4 N–H and O–H groups in total. The lowest BCUT2D eigenvalue weighted by atomic mass is 9.89. The molecule has 13 heteroatoms. The van der Waals surface area contributed by atoms with Crippen molar-refractivity contribution in [3.63, 3.8) is 0 Å². The molecule has 0 aliphatic carbocycles. The van der Waals surface area contributed by atoms with Gasteiger partial charge in [-0.15, -0.1) is 4.41 Å². The molecule has 1 aliphatic heterocycles. The van der Waals surface area contributed by atoms with Gasteiger partial charge in [0.05, 0.1) is 11.5 Å². The Morgan fingerprint density at radius 1 is 0.977 bits per heavy atom. The maximum atomic E-state index is 14.7. The van der Waals surface area contributed by atoms with Crippen molar-refractivity contribution in [2.75, 3.05) is 32.8 Å². The lowest BCUT2D eigenvalue weighted by Gasteiger charge is -2.37. The largest absolute Gasteiger partial charge is 0.450 e. The summed E-state index contributed by atoms with van der Waals surface area (Å²) < 4.78 is 35.2. The van der Waals surface area contributed by atoms with Crippen LogP contribution >= 0.6 is 0 Å². The topological polar surface area (TPSA) is 158 Å². The molecule has 1 saturated heterocycles. The molecule has 1 fully saturated rings. The first-order chi connectivity index (χ1) is 20.7. The van der Waals surface area contributed by atoms with E-state index in [1.165, 1.54) is 9.80 Å². The molecule has 3 rings (SSSR count). The summed E-state index contributed by atoms with van der Waals surface area (Å²) in [6, 6.07) is 9.83. The second-order valence-electron chi connectivity index (χ2n) is 11.7. The Labute approximate surface area is 260 Å². The molecule has 0 saturated carbocycles. The molecule has 0 unspecified atom stereocenters. The van der Waals surface area contributed by atoms with E-state index in [2.05, 4.69) is 24.4 Å². The quantitative estimate of drug-likeness (QED) is 0.147. The molecule has 0 bridgehead atoms. The van der Waals surface area contributed by atoms with Gasteiger partial charge in [-0.05, 0) is 53.0 Å². The average Bonchev–Trinajstić information content (AvgIpc) is 3.00. The van der Waals surface area contributed by atoms with Crippen LogP contribution in [-0.2, 0) is 21.3 Å². The van der Waals surface area contributed by atoms with Crippen LogP contribution in [0.5, 0.6) is 0 Å². The molecule has 0 atom stereocenters. The van der Waals surface area contributed by atoms with Crippen LogP contribution in [0.3, 0.4) is 0 Å². The first-order valence-electron chi connectivity index (χ1n) is 15.0. The van der Waals surface area contributed by atoms with Crippen molar-refractivity contribution in [3.8, 4) is 0 Å². The number of ether oxygens (including phenoxy) is 1. The molecule has 12 nitrogen and oxygen atoms in total. The van der Waals surface area contributed by atoms with Crippen LogP contribution in [0.25, 0.3) is 0 Å². The number of urea groups is 1. The third kappa shape index (κ3) is 7.81. The fourth-order valence-corrected chi connectivity index (χ4v) is 6.94. The van der Waals surface area contributed by atoms with Gasteiger partial charge in [0.2, 0.25) is 0 Å². The Balaban J connectivity index is 2.09. The van der Waals surface area contributed by atoms with E-state index >= 15 is 0 Å². The van der Waals surface area contributed by atoms with Crippen LogP contribution in [0.2, 0.25) is 0 Å². The number of nitrogens with one attached hydrogen (secondary N) is 1. The number of benzene rings is 2. The summed E-state index contributed by atoms with van der Waals surface area (Å²) >= 11 is 0. The van der Waals surface area contributed by atoms with E-state index in [0.29, 0.717) is 22.3 Å². The Kier molecular flexibility index (Phi) is 11.6. The molecular weight excluding hydrogens is 584 g/mol. The van der Waals surface area contributed by atoms with Crippen LogP contribution in [0.1, 0.15) is 94.0 Å². The number of hydrazine groups is 1. The van der Waals surface area contributed by atoms with E-state index in [-0.39, 0.29) is 67.8 Å². The van der Waals surface area contributed by atoms with Crippen molar-refractivity contribution < 1.29 is 28.0 Å². The number of nitrogens with zero attached hydrogens (tertiary/aromatic N) is 4. The number of amidine groups is 1. The van der Waals surface area contributed by atoms with Crippen molar-refractivity contribution in [1.82, 2.24) is 19.6 Å². The summed E-state index contributed by atoms with van der Waals surface area (Å²) in [5.41, 5.74) is 12.0. The first-order valence-corrected chi connectivity index (χ1v) is 16.4. The zero-order valence-corrected chi connectivity index (χ0v) is 27.5. The predicted molar refractivity (Wildman–Crippen MR) is 169 cm³/mol. The van der Waals surface area contributed by atoms with Gasteiger partial charge in [0.25, 0.3) is 10.0 Å². The maximum Gasteiger partial charge on any atom is 0.409 e. The molecule has 2 aromatic rings. The van der Waals surface area contributed by atoms with Crippen LogP contribution in [-0.4, -0.2) is 78.6 Å². The van der Waals surface area contributed by atoms with Crippen LogP contribution in [0.15, 0.2) is 46.4 Å². The number of sulfonamides is 1. The normalized spacial score (nSPS) is 14.5. The number of amides is 3. The third-order valence-corrected chi connectivity index (χ3v) is 9.34. The van der Waals surface area contributed by atoms with Crippen molar-refractivity contribution in [2.24, 2.45) is 10.9 Å². The number of carbonyl (C=O) groups is 2. The molecular formula is C31H46N6O6S. The number of carbonyl (C=O) groups excluding carboxylic acids is 2. The Morgan fingerprint density at radius 2 is 1.55 bits per heavy atom. The van der Waals surface area contributed by atoms with Crippen LogP contribution < -0.4 is 11.2 Å². The molecule has 1 aliphatic rings. The van der Waals surface area contributed by atoms with Gasteiger partial charge < -0.3 is 25.5 Å². The summed E-state index contributed by atoms with van der Waals surface area (Å²) in [7, 11) is -4.45. The van der Waals surface area contributed by atoms with Gasteiger partial charge in [-0.25, -0.2) is 15.0 Å². The molecule has 0 aromatic heterocycles. The molecule has 242 valence electrons. The van der Waals surface area contributed by atoms with E-state index in [9.17, 15) is 18.0 Å². The smallest absolute Gasteiger partial charge is 0.409 e. The summed E-state index contributed by atoms with van der Waals surface area (Å²) in [5, 5.41) is 12.1. The Hall–Kier alpha value is -3.84. The molecule has 0 radical (unpaired) electrons. The summed E-state index contributed by atoms with van der Waals surface area (Å²) in [6.07, 6.45) is -0.471. The second kappa shape index (κ2) is 14.8. The average molecular weight is 631 g/mol. The van der Waals surface area contributed by atoms with E-state index in [0.717, 1.165) is 9.98 Å². The van der Waals surface area contributed by atoms with Crippen molar-refractivity contribution in [2.45, 2.75) is 77.7 Å². The third-order valence-electron chi connectivity index (χ3n) is 7.58. The van der Waals surface area contributed by atoms with E-state index in [1.54, 1.807) is 31.2 Å². The van der Waals surface area contributed by atoms with Crippen molar-refractivity contribution >= 4 is 28.0 Å². The van der Waals surface area contributed by atoms with Gasteiger partial charge in [-0.2, -0.15) is 8.42 Å². The van der Waals surface area contributed by atoms with Gasteiger partial charge in [0, 0.05) is 38.3 Å². The van der Waals surface area contributed by atoms with Crippen LogP contribution in [0, 0.1) is 0 Å². The highest BCUT2D eigenvalue weighted by atomic mass is 32.2. The van der Waals surface area contributed by atoms with Gasteiger partial charge in [-0.3, -0.25) is 0 Å². The number of nitrogens with two attached hydrogens (primary N) is 1. The molecule has 0 spiro atoms. The number of oxime groups is 1. The highest BCUT2D eigenvalue weighted by molar-refractivity contribution is 7.89. The zero-order valence-electron chi connectivity index (χ0n) is 26.7. The Bertz CT molecular complexity index is 1440. The van der Waals surface area contributed by atoms with Gasteiger partial charge in [0.15, 0.2) is 5.84 Å². The summed E-state index contributed by atoms with van der Waals surface area (Å²) in [5.74, 6) is -0.201. The minimum Gasteiger partial charge on any atom is -0.450 e. The number of hydrogen-bond donors (Lipinski definition) is 3. The van der Waals surface area contributed by atoms with Crippen LogP contribution in [0.4, 0.5) is 9.59 Å². The Morgan fingerprint density at radius 3 is 2.05 bits per heavy atom. The molecule has 2 aromatic carbocycles. The molecule has 44 heavy (non-hydrogen) atoms. The maximum absolute atomic E-state index is 14.7. The van der Waals surface area contributed by atoms with Crippen molar-refractivity contribution in [1.29, 1.82) is 0 Å². The molecule has 1 heterocycles. The number of piperazine rings is 1. The minimum atomic E-state index is -4.45. The standard InChI is InChI=1S/C31H46N6O6S/c1-8-43-31(39)36-14-12-35(13-15-36)30(38)37(33-19-23-10-9-11-24(16-23)29(32)34-40)44(41,42)28-26(21(4)5)17-25(20(2)3)18-27(28)22(6)7/h9-11,16-18,20-22,33,40H,8,12-15,19H2,1-7H3,(H2,32,34). The lowest BCUT2D eigenvalue weighted by molar-refractivity contribution is 0.0806. The lowest BCUT2D eigenvalue weighted by Crippen LogP contribution is -2.58. The predicted octanol–water partition coefficient (Wildman–Crippen LogP) is 4.74. The SMILES string of the molecule is CCOC(=O)N1CCN(C(=O)N(NCc2cccc(/C(N)=N/O)c2)S(=O)(=O)c2c(C(C)C)cc(C(C)C)cc2C(C)C)CC1.